The van der Waals surface area contributed by atoms with Gasteiger partial charge in [-0.3, -0.25) is 14.2 Å². The molecule has 9 nitrogen and oxygen atoms in total. The number of aliphatic carboxylic acids is 1. The lowest BCUT2D eigenvalue weighted by Crippen LogP contribution is -2.14. The minimum absolute atomic E-state index is 0.124. The number of rotatable bonds is 6. The number of carboxylic acid groups (broad SMARTS) is 1. The summed E-state index contributed by atoms with van der Waals surface area (Å²) in [6.07, 6.45) is 3.65. The number of pyridine rings is 1. The van der Waals surface area contributed by atoms with E-state index in [2.05, 4.69) is 14.8 Å². The van der Waals surface area contributed by atoms with Crippen molar-refractivity contribution >= 4 is 21.7 Å². The van der Waals surface area contributed by atoms with Gasteiger partial charge in [-0.15, -0.1) is 0 Å². The van der Waals surface area contributed by atoms with E-state index < -0.39 is 22.5 Å². The van der Waals surface area contributed by atoms with E-state index in [0.717, 1.165) is 17.1 Å². The molecule has 0 fully saturated rings. The van der Waals surface area contributed by atoms with Crippen LogP contribution in [0.1, 0.15) is 0 Å². The number of carbonyl (C=O) groups is 1. The molecule has 0 atom stereocenters. The molecule has 0 unspecified atom stereocenters. The monoisotopic (exact) mass is 312 g/mol. The van der Waals surface area contributed by atoms with Crippen LogP contribution in [0.3, 0.4) is 0 Å². The van der Waals surface area contributed by atoms with Gasteiger partial charge in [0.1, 0.15) is 17.1 Å². The first kappa shape index (κ1) is 14.8. The number of hydrogen-bond acceptors (Lipinski definition) is 6. The summed E-state index contributed by atoms with van der Waals surface area (Å²) in [5.74, 6) is -0.997. The molecule has 0 spiro atoms. The molecule has 2 rings (SSSR count). The number of methoxy groups -OCH3 is 1. The van der Waals surface area contributed by atoms with E-state index in [-0.39, 0.29) is 16.5 Å². The van der Waals surface area contributed by atoms with Gasteiger partial charge in [0.05, 0.1) is 13.3 Å². The molecule has 10 heteroatoms. The normalized spacial score (nSPS) is 11.1. The molecule has 0 saturated carbocycles. The average molecular weight is 312 g/mol. The smallest absolute Gasteiger partial charge is 0.325 e. The van der Waals surface area contributed by atoms with Crippen LogP contribution in [0.15, 0.2) is 35.6 Å². The number of aromatic nitrogens is 3. The Morgan fingerprint density at radius 3 is 2.95 bits per heavy atom. The second kappa shape index (κ2) is 5.79. The van der Waals surface area contributed by atoms with Crippen LogP contribution in [-0.4, -0.2) is 41.4 Å². The van der Waals surface area contributed by atoms with Crippen molar-refractivity contribution in [2.75, 3.05) is 11.8 Å². The van der Waals surface area contributed by atoms with Crippen LogP contribution in [0.2, 0.25) is 0 Å². The number of nitrogens with one attached hydrogen (secondary N) is 1. The van der Waals surface area contributed by atoms with Gasteiger partial charge < -0.3 is 9.84 Å². The molecule has 2 aromatic rings. The predicted octanol–water partition coefficient (Wildman–Crippen LogP) is 0.172. The Hall–Kier alpha value is -2.62. The quantitative estimate of drug-likeness (QED) is 0.779. The molecule has 21 heavy (non-hydrogen) atoms. The maximum absolute atomic E-state index is 12.2. The van der Waals surface area contributed by atoms with Crippen LogP contribution in [0, 0.1) is 0 Å². The van der Waals surface area contributed by atoms with Gasteiger partial charge >= 0.3 is 5.97 Å². The molecule has 2 N–H and O–H groups in total. The molecule has 112 valence electrons. The van der Waals surface area contributed by atoms with E-state index in [4.69, 9.17) is 9.84 Å². The molecule has 0 aromatic carbocycles. The van der Waals surface area contributed by atoms with Crippen LogP contribution in [0.4, 0.5) is 5.69 Å². The van der Waals surface area contributed by atoms with E-state index in [1.165, 1.54) is 19.4 Å². The maximum Gasteiger partial charge on any atom is 0.325 e. The standard InChI is InChI=1S/C11H12N4O5S/c1-20-11-9(3-2-4-12-11)14-21(18,19)8-5-13-15(6-8)7-10(16)17/h2-6,14H,7H2,1H3,(H,16,17). The number of nitrogens with zero attached hydrogens (tertiary/aromatic N) is 3. The Morgan fingerprint density at radius 1 is 1.52 bits per heavy atom. The first-order chi connectivity index (χ1) is 9.92. The van der Waals surface area contributed by atoms with Gasteiger partial charge in [-0.25, -0.2) is 13.4 Å². The summed E-state index contributed by atoms with van der Waals surface area (Å²) in [5, 5.41) is 12.3. The van der Waals surface area contributed by atoms with Crippen molar-refractivity contribution in [1.29, 1.82) is 0 Å². The third-order valence-electron chi connectivity index (χ3n) is 2.43. The van der Waals surface area contributed by atoms with Crippen molar-refractivity contribution in [3.05, 3.63) is 30.7 Å². The van der Waals surface area contributed by atoms with Gasteiger partial charge in [-0.1, -0.05) is 0 Å². The van der Waals surface area contributed by atoms with Gasteiger partial charge in [0.15, 0.2) is 0 Å². The minimum atomic E-state index is -3.91. The first-order valence-corrected chi connectivity index (χ1v) is 7.17. The zero-order valence-electron chi connectivity index (χ0n) is 10.9. The molecular weight excluding hydrogens is 300 g/mol. The first-order valence-electron chi connectivity index (χ1n) is 5.68. The zero-order chi connectivity index (χ0) is 15.5. The minimum Gasteiger partial charge on any atom is -0.480 e. The fraction of sp³-hybridized carbons (Fsp3) is 0.182. The Morgan fingerprint density at radius 2 is 2.29 bits per heavy atom. The topological polar surface area (TPSA) is 123 Å². The van der Waals surface area contributed by atoms with Crippen LogP contribution in [0.25, 0.3) is 0 Å². The van der Waals surface area contributed by atoms with Crippen molar-refractivity contribution < 1.29 is 23.1 Å². The average Bonchev–Trinajstić information content (AvgIpc) is 2.87. The molecule has 0 aliphatic heterocycles. The molecule has 2 heterocycles. The Balaban J connectivity index is 2.26. The van der Waals surface area contributed by atoms with Crippen molar-refractivity contribution in [2.45, 2.75) is 11.4 Å². The van der Waals surface area contributed by atoms with Crippen molar-refractivity contribution in [1.82, 2.24) is 14.8 Å². The highest BCUT2D eigenvalue weighted by Crippen LogP contribution is 2.23. The van der Waals surface area contributed by atoms with Gasteiger partial charge in [0, 0.05) is 12.4 Å². The summed E-state index contributed by atoms with van der Waals surface area (Å²) < 4.78 is 32.6. The van der Waals surface area contributed by atoms with E-state index in [0.29, 0.717) is 0 Å². The number of hydrogen-bond donors (Lipinski definition) is 2. The van der Waals surface area contributed by atoms with Crippen LogP contribution in [0.5, 0.6) is 5.88 Å². The molecule has 0 radical (unpaired) electrons. The van der Waals surface area contributed by atoms with Crippen molar-refractivity contribution in [3.8, 4) is 5.88 Å². The lowest BCUT2D eigenvalue weighted by atomic mass is 10.4. The summed E-state index contributed by atoms with van der Waals surface area (Å²) in [4.78, 5) is 14.3. The largest absolute Gasteiger partial charge is 0.480 e. The maximum atomic E-state index is 12.2. The third-order valence-corrected chi connectivity index (χ3v) is 3.75. The molecule has 0 amide bonds. The Bertz CT molecular complexity index is 755. The number of anilines is 1. The molecular formula is C11H12N4O5S. The summed E-state index contributed by atoms with van der Waals surface area (Å²) in [6, 6.07) is 3.04. The molecule has 0 bridgehead atoms. The predicted molar refractivity (Wildman–Crippen MR) is 71.5 cm³/mol. The fourth-order valence-corrected chi connectivity index (χ4v) is 2.55. The number of sulfonamides is 1. The molecule has 0 aliphatic carbocycles. The second-order valence-electron chi connectivity index (χ2n) is 3.93. The van der Waals surface area contributed by atoms with Crippen LogP contribution >= 0.6 is 0 Å². The summed E-state index contributed by atoms with van der Waals surface area (Å²) in [5.41, 5.74) is 0.172. The van der Waals surface area contributed by atoms with E-state index in [1.807, 2.05) is 0 Å². The summed E-state index contributed by atoms with van der Waals surface area (Å²) in [6.45, 7) is -0.425. The van der Waals surface area contributed by atoms with Gasteiger partial charge in [0.2, 0.25) is 5.88 Å². The van der Waals surface area contributed by atoms with E-state index in [9.17, 15) is 13.2 Å². The van der Waals surface area contributed by atoms with Crippen molar-refractivity contribution in [3.63, 3.8) is 0 Å². The lowest BCUT2D eigenvalue weighted by molar-refractivity contribution is -0.137. The third kappa shape index (κ3) is 3.48. The van der Waals surface area contributed by atoms with Crippen LogP contribution in [-0.2, 0) is 21.4 Å². The second-order valence-corrected chi connectivity index (χ2v) is 5.62. The highest BCUT2D eigenvalue weighted by molar-refractivity contribution is 7.92. The van der Waals surface area contributed by atoms with E-state index >= 15 is 0 Å². The SMILES string of the molecule is COc1ncccc1NS(=O)(=O)c1cnn(CC(=O)O)c1. The van der Waals surface area contributed by atoms with E-state index in [1.54, 1.807) is 6.07 Å². The highest BCUT2D eigenvalue weighted by atomic mass is 32.2. The zero-order valence-corrected chi connectivity index (χ0v) is 11.7. The lowest BCUT2D eigenvalue weighted by Gasteiger charge is -2.09. The fourth-order valence-electron chi connectivity index (χ4n) is 1.54. The highest BCUT2D eigenvalue weighted by Gasteiger charge is 2.19. The van der Waals surface area contributed by atoms with Crippen LogP contribution < -0.4 is 9.46 Å². The Kier molecular flexibility index (Phi) is 4.08. The molecule has 2 aromatic heterocycles. The summed E-state index contributed by atoms with van der Waals surface area (Å²) in [7, 11) is -2.54. The Labute approximate surface area is 120 Å². The van der Waals surface area contributed by atoms with Crippen molar-refractivity contribution in [2.24, 2.45) is 0 Å². The molecule has 0 aliphatic rings. The number of ether oxygens (including phenoxy) is 1. The molecule has 0 saturated heterocycles. The van der Waals surface area contributed by atoms with Gasteiger partial charge in [-0.2, -0.15) is 5.10 Å². The van der Waals surface area contributed by atoms with Gasteiger partial charge in [-0.05, 0) is 12.1 Å². The summed E-state index contributed by atoms with van der Waals surface area (Å²) >= 11 is 0. The number of carboxylic acids is 1. The van der Waals surface area contributed by atoms with Gasteiger partial charge in [0.25, 0.3) is 10.0 Å².